The number of benzene rings is 1. The number of aryl methyl sites for hydroxylation is 2. The van der Waals surface area contributed by atoms with Crippen LogP contribution in [-0.2, 0) is 0 Å². The number of fused-ring (bicyclic) bond motifs is 1. The topological polar surface area (TPSA) is 63.8 Å². The van der Waals surface area contributed by atoms with Crippen molar-refractivity contribution in [2.45, 2.75) is 13.8 Å². The fourth-order valence-electron chi connectivity index (χ4n) is 2.05. The monoisotopic (exact) mass is 270 g/mol. The van der Waals surface area contributed by atoms with Gasteiger partial charge in [-0.25, -0.2) is 4.98 Å². The second kappa shape index (κ2) is 4.51. The lowest BCUT2D eigenvalue weighted by molar-refractivity contribution is 1.24. The summed E-state index contributed by atoms with van der Waals surface area (Å²) in [6.07, 6.45) is 0. The number of nitrogens with one attached hydrogen (secondary N) is 1. The Morgan fingerprint density at radius 3 is 2.79 bits per heavy atom. The minimum atomic E-state index is 0.294. The van der Waals surface area contributed by atoms with Gasteiger partial charge in [0, 0.05) is 5.69 Å². The van der Waals surface area contributed by atoms with E-state index in [4.69, 9.17) is 5.73 Å². The smallest absolute Gasteiger partial charge is 0.223 e. The van der Waals surface area contributed by atoms with Gasteiger partial charge in [-0.05, 0) is 36.9 Å². The predicted molar refractivity (Wildman–Crippen MR) is 81.0 cm³/mol. The van der Waals surface area contributed by atoms with Crippen LogP contribution in [0.15, 0.2) is 29.6 Å². The van der Waals surface area contributed by atoms with Crippen molar-refractivity contribution in [2.75, 3.05) is 11.1 Å². The molecule has 0 unspecified atom stereocenters. The van der Waals surface area contributed by atoms with Gasteiger partial charge in [0.2, 0.25) is 5.95 Å². The Hall–Kier alpha value is -2.14. The maximum atomic E-state index is 5.74. The highest BCUT2D eigenvalue weighted by atomic mass is 32.1. The molecule has 96 valence electrons. The van der Waals surface area contributed by atoms with Crippen molar-refractivity contribution in [3.63, 3.8) is 0 Å². The second-order valence-corrected chi connectivity index (χ2v) is 5.41. The van der Waals surface area contributed by atoms with Crippen molar-refractivity contribution < 1.29 is 0 Å². The molecule has 4 nitrogen and oxygen atoms in total. The van der Waals surface area contributed by atoms with Crippen LogP contribution in [0.2, 0.25) is 0 Å². The summed E-state index contributed by atoms with van der Waals surface area (Å²) in [5.74, 6) is 1.05. The number of nitrogens with zero attached hydrogens (tertiary/aromatic N) is 2. The zero-order valence-corrected chi connectivity index (χ0v) is 11.6. The molecule has 2 heterocycles. The molecule has 1 aromatic carbocycles. The summed E-state index contributed by atoms with van der Waals surface area (Å²) in [4.78, 5) is 9.42. The lowest BCUT2D eigenvalue weighted by atomic mass is 10.1. The summed E-state index contributed by atoms with van der Waals surface area (Å²) in [5.41, 5.74) is 9.20. The first-order valence-electron chi connectivity index (χ1n) is 5.98. The van der Waals surface area contributed by atoms with Crippen LogP contribution in [0.4, 0.5) is 17.5 Å². The van der Waals surface area contributed by atoms with Crippen LogP contribution in [0.1, 0.15) is 11.1 Å². The molecule has 0 aliphatic rings. The highest BCUT2D eigenvalue weighted by Gasteiger charge is 2.08. The van der Waals surface area contributed by atoms with Crippen LogP contribution in [0.5, 0.6) is 0 Å². The van der Waals surface area contributed by atoms with Crippen LogP contribution in [0, 0.1) is 13.8 Å². The van der Waals surface area contributed by atoms with Crippen LogP contribution < -0.4 is 11.1 Å². The van der Waals surface area contributed by atoms with Crippen molar-refractivity contribution in [1.82, 2.24) is 9.97 Å². The minimum absolute atomic E-state index is 0.294. The van der Waals surface area contributed by atoms with Crippen LogP contribution >= 0.6 is 11.3 Å². The first kappa shape index (κ1) is 11.9. The predicted octanol–water partition coefficient (Wildman–Crippen LogP) is 3.63. The van der Waals surface area contributed by atoms with Crippen molar-refractivity contribution in [2.24, 2.45) is 0 Å². The summed E-state index contributed by atoms with van der Waals surface area (Å²) in [5, 5.41) is 6.34. The Kier molecular flexibility index (Phi) is 2.83. The van der Waals surface area contributed by atoms with Crippen LogP contribution in [-0.4, -0.2) is 9.97 Å². The fourth-order valence-corrected chi connectivity index (χ4v) is 2.82. The van der Waals surface area contributed by atoms with E-state index in [1.165, 1.54) is 11.1 Å². The molecule has 0 amide bonds. The van der Waals surface area contributed by atoms with E-state index in [0.717, 1.165) is 21.7 Å². The van der Waals surface area contributed by atoms with Gasteiger partial charge in [-0.3, -0.25) is 0 Å². The van der Waals surface area contributed by atoms with E-state index in [9.17, 15) is 0 Å². The van der Waals surface area contributed by atoms with Crippen molar-refractivity contribution >= 4 is 39.0 Å². The Bertz CT molecular complexity index is 748. The molecule has 3 N–H and O–H groups in total. The Labute approximate surface area is 115 Å². The lowest BCUT2D eigenvalue weighted by Crippen LogP contribution is -2.01. The third-order valence-electron chi connectivity index (χ3n) is 2.98. The molecule has 0 radical (unpaired) electrons. The number of aromatic nitrogens is 2. The number of thiophene rings is 1. The van der Waals surface area contributed by atoms with Gasteiger partial charge in [0.1, 0.15) is 10.6 Å². The Morgan fingerprint density at radius 1 is 1.16 bits per heavy atom. The van der Waals surface area contributed by atoms with E-state index in [0.29, 0.717) is 5.95 Å². The van der Waals surface area contributed by atoms with Gasteiger partial charge in [-0.15, -0.1) is 11.3 Å². The van der Waals surface area contributed by atoms with E-state index < -0.39 is 0 Å². The molecule has 0 spiro atoms. The Balaban J connectivity index is 2.07. The van der Waals surface area contributed by atoms with Gasteiger partial charge in [0.15, 0.2) is 0 Å². The van der Waals surface area contributed by atoms with Gasteiger partial charge < -0.3 is 11.1 Å². The van der Waals surface area contributed by atoms with Gasteiger partial charge in [-0.2, -0.15) is 4.98 Å². The summed E-state index contributed by atoms with van der Waals surface area (Å²) in [6, 6.07) is 8.27. The van der Waals surface area contributed by atoms with Gasteiger partial charge in [0.25, 0.3) is 0 Å². The molecular weight excluding hydrogens is 256 g/mol. The van der Waals surface area contributed by atoms with Gasteiger partial charge in [-0.1, -0.05) is 17.7 Å². The first-order chi connectivity index (χ1) is 9.13. The molecule has 0 atom stereocenters. The molecular formula is C14H14N4S. The van der Waals surface area contributed by atoms with E-state index in [1.807, 2.05) is 11.4 Å². The highest BCUT2D eigenvalue weighted by Crippen LogP contribution is 2.29. The number of hydrogen-bond acceptors (Lipinski definition) is 5. The second-order valence-electron chi connectivity index (χ2n) is 4.51. The molecule has 0 fully saturated rings. The SMILES string of the molecule is Cc1ccc(Nc2nc(N)nc3sccc23)c(C)c1. The minimum Gasteiger partial charge on any atom is -0.368 e. The maximum absolute atomic E-state index is 5.74. The van der Waals surface area contributed by atoms with Crippen molar-refractivity contribution in [1.29, 1.82) is 0 Å². The maximum Gasteiger partial charge on any atom is 0.223 e. The van der Waals surface area contributed by atoms with Gasteiger partial charge >= 0.3 is 0 Å². The molecule has 5 heteroatoms. The van der Waals surface area contributed by atoms with Gasteiger partial charge in [0.05, 0.1) is 5.39 Å². The molecule has 3 rings (SSSR count). The van der Waals surface area contributed by atoms with E-state index in [2.05, 4.69) is 47.3 Å². The van der Waals surface area contributed by atoms with E-state index in [-0.39, 0.29) is 0 Å². The average molecular weight is 270 g/mol. The summed E-state index contributed by atoms with van der Waals surface area (Å²) >= 11 is 1.56. The Morgan fingerprint density at radius 2 is 2.00 bits per heavy atom. The van der Waals surface area contributed by atoms with Crippen LogP contribution in [0.25, 0.3) is 10.2 Å². The largest absolute Gasteiger partial charge is 0.368 e. The number of nitrogens with two attached hydrogens (primary N) is 1. The molecule has 2 aromatic heterocycles. The molecule has 0 aliphatic carbocycles. The molecule has 0 saturated carbocycles. The van der Waals surface area contributed by atoms with E-state index in [1.54, 1.807) is 11.3 Å². The van der Waals surface area contributed by atoms with Crippen LogP contribution in [0.3, 0.4) is 0 Å². The zero-order valence-electron chi connectivity index (χ0n) is 10.8. The molecule has 0 bridgehead atoms. The van der Waals surface area contributed by atoms with E-state index >= 15 is 0 Å². The normalized spacial score (nSPS) is 10.8. The average Bonchev–Trinajstić information content (AvgIpc) is 2.80. The number of anilines is 3. The quantitative estimate of drug-likeness (QED) is 0.746. The van der Waals surface area contributed by atoms with Crippen molar-refractivity contribution in [3.8, 4) is 0 Å². The number of nitrogen functional groups attached to an aromatic ring is 1. The first-order valence-corrected chi connectivity index (χ1v) is 6.86. The van der Waals surface area contributed by atoms with Crippen molar-refractivity contribution in [3.05, 3.63) is 40.8 Å². The summed E-state index contributed by atoms with van der Waals surface area (Å²) in [6.45, 7) is 4.15. The standard InChI is InChI=1S/C14H14N4S/c1-8-3-4-11(9(2)7-8)16-12-10-5-6-19-13(10)18-14(15)17-12/h3-7H,1-2H3,(H3,15,16,17,18). The third kappa shape index (κ3) is 2.24. The zero-order chi connectivity index (χ0) is 13.4. The molecule has 0 aliphatic heterocycles. The lowest BCUT2D eigenvalue weighted by Gasteiger charge is -2.10. The molecule has 19 heavy (non-hydrogen) atoms. The summed E-state index contributed by atoms with van der Waals surface area (Å²) < 4.78 is 0. The fraction of sp³-hybridized carbons (Fsp3) is 0.143. The number of hydrogen-bond donors (Lipinski definition) is 2. The molecule has 3 aromatic rings. The highest BCUT2D eigenvalue weighted by molar-refractivity contribution is 7.16. The summed E-state index contributed by atoms with van der Waals surface area (Å²) in [7, 11) is 0. The number of rotatable bonds is 2. The third-order valence-corrected chi connectivity index (χ3v) is 3.78. The molecule has 0 saturated heterocycles.